The van der Waals surface area contributed by atoms with Crippen molar-refractivity contribution in [1.82, 2.24) is 0 Å². The van der Waals surface area contributed by atoms with Gasteiger partial charge < -0.3 is 20.9 Å². The van der Waals surface area contributed by atoms with E-state index in [1.165, 1.54) is 11.9 Å². The minimum absolute atomic E-state index is 0.385. The number of hydrogen-bond acceptors (Lipinski definition) is 7. The van der Waals surface area contributed by atoms with Gasteiger partial charge in [-0.3, -0.25) is 0 Å². The van der Waals surface area contributed by atoms with Crippen molar-refractivity contribution in [3.05, 3.63) is 47.5 Å². The molecule has 6 nitrogen and oxygen atoms in total. The molecule has 0 bridgehead atoms. The maximum absolute atomic E-state index is 5.75. The average Bonchev–Trinajstić information content (AvgIpc) is 2.61. The van der Waals surface area contributed by atoms with Crippen molar-refractivity contribution in [2.45, 2.75) is 18.0 Å². The van der Waals surface area contributed by atoms with E-state index in [2.05, 4.69) is 9.63 Å². The van der Waals surface area contributed by atoms with Crippen molar-refractivity contribution in [2.24, 2.45) is 21.1 Å². The molecule has 0 aliphatic rings. The number of nitrogens with zero attached hydrogens (tertiary/aromatic N) is 2. The Morgan fingerprint density at radius 1 is 0.913 bits per heavy atom. The first-order valence-electron chi connectivity index (χ1n) is 7.03. The third-order valence-electron chi connectivity index (χ3n) is 3.29. The summed E-state index contributed by atoms with van der Waals surface area (Å²) < 4.78 is 14.6. The summed E-state index contributed by atoms with van der Waals surface area (Å²) in [6.45, 7) is 0.811. The van der Waals surface area contributed by atoms with Crippen molar-refractivity contribution < 1.29 is 9.47 Å². The largest absolute Gasteiger partial charge is 0.497 e. The average molecular weight is 332 g/mol. The summed E-state index contributed by atoms with van der Waals surface area (Å²) in [5, 5.41) is 4.26. The van der Waals surface area contributed by atoms with E-state index in [0.717, 1.165) is 21.8 Å². The van der Waals surface area contributed by atoms with E-state index in [4.69, 9.17) is 20.9 Å². The molecule has 0 fully saturated rings. The number of ether oxygens (including phenoxy) is 2. The third kappa shape index (κ3) is 4.44. The van der Waals surface area contributed by atoms with Crippen LogP contribution in [0, 0.1) is 0 Å². The normalized spacial score (nSPS) is 11.0. The molecule has 0 heterocycles. The fourth-order valence-corrected chi connectivity index (χ4v) is 2.61. The van der Waals surface area contributed by atoms with Crippen LogP contribution in [0.5, 0.6) is 11.5 Å². The van der Waals surface area contributed by atoms with Crippen LogP contribution in [0.3, 0.4) is 0 Å². The molecule has 122 valence electrons. The van der Waals surface area contributed by atoms with Gasteiger partial charge in [-0.2, -0.15) is 0 Å². The molecular weight excluding hydrogens is 312 g/mol. The summed E-state index contributed by atoms with van der Waals surface area (Å²) in [5.74, 6) is 1.47. The standard InChI is InChI=1S/C16H20N4O2S/c1-21-13-5-3-11(9-17)15(7-13)19-20-23-16-8-14(22-2)6-4-12(16)10-18/h3-8H,9-10,17-18H2,1-2H3. The van der Waals surface area contributed by atoms with Crippen LogP contribution < -0.4 is 20.9 Å². The van der Waals surface area contributed by atoms with E-state index in [9.17, 15) is 0 Å². The highest BCUT2D eigenvalue weighted by Gasteiger charge is 2.05. The lowest BCUT2D eigenvalue weighted by atomic mass is 10.2. The van der Waals surface area contributed by atoms with Crippen LogP contribution >= 0.6 is 11.9 Å². The Morgan fingerprint density at radius 2 is 1.52 bits per heavy atom. The number of nitrogens with two attached hydrogens (primary N) is 2. The molecule has 0 unspecified atom stereocenters. The van der Waals surface area contributed by atoms with Crippen LogP contribution in [0.1, 0.15) is 11.1 Å². The van der Waals surface area contributed by atoms with E-state index in [1.54, 1.807) is 14.2 Å². The monoisotopic (exact) mass is 332 g/mol. The predicted molar refractivity (Wildman–Crippen MR) is 92.1 cm³/mol. The maximum atomic E-state index is 5.75. The Hall–Kier alpha value is -2.09. The molecule has 2 rings (SSSR count). The first kappa shape index (κ1) is 17.3. The summed E-state index contributed by atoms with van der Waals surface area (Å²) in [6.07, 6.45) is 0. The van der Waals surface area contributed by atoms with Crippen molar-refractivity contribution in [3.63, 3.8) is 0 Å². The number of rotatable bonds is 7. The molecule has 0 saturated heterocycles. The van der Waals surface area contributed by atoms with Gasteiger partial charge in [0.1, 0.15) is 11.5 Å². The predicted octanol–water partition coefficient (Wildman–Crippen LogP) is 3.41. The summed E-state index contributed by atoms with van der Waals surface area (Å²) in [4.78, 5) is 0.910. The van der Waals surface area contributed by atoms with Crippen LogP contribution in [0.2, 0.25) is 0 Å². The van der Waals surface area contributed by atoms with E-state index in [0.29, 0.717) is 24.5 Å². The molecule has 0 radical (unpaired) electrons. The highest BCUT2D eigenvalue weighted by Crippen LogP contribution is 2.31. The molecule has 0 spiro atoms. The lowest BCUT2D eigenvalue weighted by Gasteiger charge is -2.07. The van der Waals surface area contributed by atoms with Gasteiger partial charge in [-0.05, 0) is 29.3 Å². The van der Waals surface area contributed by atoms with Crippen LogP contribution in [0.25, 0.3) is 0 Å². The minimum atomic E-state index is 0.385. The highest BCUT2D eigenvalue weighted by molar-refractivity contribution is 7.98. The molecule has 0 aromatic heterocycles. The molecule has 0 saturated carbocycles. The Morgan fingerprint density at radius 3 is 2.13 bits per heavy atom. The Bertz CT molecular complexity index is 692. The number of methoxy groups -OCH3 is 2. The van der Waals surface area contributed by atoms with Crippen molar-refractivity contribution in [2.75, 3.05) is 14.2 Å². The topological polar surface area (TPSA) is 95.2 Å². The summed E-state index contributed by atoms with van der Waals surface area (Å²) in [7, 11) is 3.23. The van der Waals surface area contributed by atoms with E-state index < -0.39 is 0 Å². The SMILES string of the molecule is COc1ccc(CN)c(N=NSc2cc(OC)ccc2CN)c1. The van der Waals surface area contributed by atoms with Gasteiger partial charge >= 0.3 is 0 Å². The van der Waals surface area contributed by atoms with E-state index in [-0.39, 0.29) is 0 Å². The van der Waals surface area contributed by atoms with E-state index >= 15 is 0 Å². The zero-order valence-corrected chi connectivity index (χ0v) is 14.0. The second kappa shape index (κ2) is 8.52. The summed E-state index contributed by atoms with van der Waals surface area (Å²) in [5.41, 5.74) is 14.1. The highest BCUT2D eigenvalue weighted by atomic mass is 32.2. The smallest absolute Gasteiger partial charge is 0.121 e. The van der Waals surface area contributed by atoms with Crippen LogP contribution in [0.4, 0.5) is 5.69 Å². The maximum Gasteiger partial charge on any atom is 0.121 e. The molecule has 23 heavy (non-hydrogen) atoms. The summed E-state index contributed by atoms with van der Waals surface area (Å²) >= 11 is 1.25. The zero-order valence-electron chi connectivity index (χ0n) is 13.2. The number of hydrogen-bond donors (Lipinski definition) is 2. The van der Waals surface area contributed by atoms with Gasteiger partial charge in [-0.25, -0.2) is 0 Å². The molecule has 0 amide bonds. The van der Waals surface area contributed by atoms with E-state index in [1.807, 2.05) is 36.4 Å². The van der Waals surface area contributed by atoms with Gasteiger partial charge in [0.2, 0.25) is 0 Å². The van der Waals surface area contributed by atoms with Crippen molar-refractivity contribution in [1.29, 1.82) is 0 Å². The quantitative estimate of drug-likeness (QED) is 0.598. The van der Waals surface area contributed by atoms with Gasteiger partial charge in [-0.1, -0.05) is 12.1 Å². The molecule has 2 aromatic rings. The molecule has 2 aromatic carbocycles. The van der Waals surface area contributed by atoms with Crippen molar-refractivity contribution in [3.8, 4) is 11.5 Å². The van der Waals surface area contributed by atoms with Gasteiger partial charge in [0.25, 0.3) is 0 Å². The Balaban J connectivity index is 2.21. The zero-order chi connectivity index (χ0) is 16.7. The lowest BCUT2D eigenvalue weighted by molar-refractivity contribution is 0.413. The second-order valence-electron chi connectivity index (χ2n) is 4.65. The fraction of sp³-hybridized carbons (Fsp3) is 0.250. The summed E-state index contributed by atoms with van der Waals surface area (Å²) in [6, 6.07) is 11.2. The second-order valence-corrected chi connectivity index (χ2v) is 5.44. The third-order valence-corrected chi connectivity index (χ3v) is 4.03. The van der Waals surface area contributed by atoms with Crippen molar-refractivity contribution >= 4 is 17.6 Å². The van der Waals surface area contributed by atoms with Gasteiger partial charge in [-0.15, -0.1) is 9.63 Å². The molecule has 7 heteroatoms. The van der Waals surface area contributed by atoms with Gasteiger partial charge in [0.05, 0.1) is 19.9 Å². The molecular formula is C16H20N4O2S. The number of benzene rings is 2. The van der Waals surface area contributed by atoms with Crippen LogP contribution in [-0.2, 0) is 13.1 Å². The minimum Gasteiger partial charge on any atom is -0.497 e. The first-order chi connectivity index (χ1) is 11.2. The Labute approximate surface area is 140 Å². The molecule has 0 atom stereocenters. The molecule has 0 aliphatic carbocycles. The lowest BCUT2D eigenvalue weighted by Crippen LogP contribution is -1.98. The fourth-order valence-electron chi connectivity index (χ4n) is 1.96. The molecule has 4 N–H and O–H groups in total. The van der Waals surface area contributed by atoms with Gasteiger partial charge in [0.15, 0.2) is 0 Å². The van der Waals surface area contributed by atoms with Gasteiger partial charge in [0, 0.05) is 36.0 Å². The van der Waals surface area contributed by atoms with Crippen LogP contribution in [-0.4, -0.2) is 14.2 Å². The molecule has 0 aliphatic heterocycles. The van der Waals surface area contributed by atoms with Crippen LogP contribution in [0.15, 0.2) is 50.9 Å². The first-order valence-corrected chi connectivity index (χ1v) is 7.81. The Kier molecular flexibility index (Phi) is 6.40.